The van der Waals surface area contributed by atoms with Crippen LogP contribution in [0.25, 0.3) is 0 Å². The summed E-state index contributed by atoms with van der Waals surface area (Å²) >= 11 is 0. The van der Waals surface area contributed by atoms with Crippen LogP contribution in [0.3, 0.4) is 0 Å². The molecule has 0 aromatic rings. The van der Waals surface area contributed by atoms with Crippen LogP contribution in [-0.2, 0) is 9.59 Å². The monoisotopic (exact) mass is 209 g/mol. The van der Waals surface area contributed by atoms with E-state index < -0.39 is 5.41 Å². The third-order valence-electron chi connectivity index (χ3n) is 2.36. The summed E-state index contributed by atoms with van der Waals surface area (Å²) < 4.78 is 0. The maximum atomic E-state index is 11.9. The zero-order valence-electron chi connectivity index (χ0n) is 9.04. The van der Waals surface area contributed by atoms with E-state index in [0.717, 1.165) is 6.42 Å². The molecular weight excluding hydrogens is 194 g/mol. The topological polar surface area (TPSA) is 73.2 Å². The van der Waals surface area contributed by atoms with Gasteiger partial charge in [-0.25, -0.2) is 0 Å². The van der Waals surface area contributed by atoms with Crippen molar-refractivity contribution in [1.29, 1.82) is 5.26 Å². The minimum Gasteiger partial charge on any atom is -0.354 e. The Bertz CT molecular complexity index is 317. The largest absolute Gasteiger partial charge is 0.354 e. The number of nitrogens with one attached hydrogen (secondary N) is 1. The first kappa shape index (κ1) is 11.5. The van der Waals surface area contributed by atoms with Gasteiger partial charge in [-0.2, -0.15) is 5.26 Å². The van der Waals surface area contributed by atoms with E-state index in [1.807, 2.05) is 6.07 Å². The van der Waals surface area contributed by atoms with Gasteiger partial charge in [0.1, 0.15) is 5.41 Å². The van der Waals surface area contributed by atoms with Crippen molar-refractivity contribution in [2.24, 2.45) is 5.41 Å². The third-order valence-corrected chi connectivity index (χ3v) is 2.36. The fourth-order valence-corrected chi connectivity index (χ4v) is 1.42. The van der Waals surface area contributed by atoms with Crippen molar-refractivity contribution in [3.63, 3.8) is 0 Å². The Labute approximate surface area is 89.0 Å². The smallest absolute Gasteiger partial charge is 0.242 e. The predicted octanol–water partition coefficient (Wildman–Crippen LogP) is -0.115. The second-order valence-corrected chi connectivity index (χ2v) is 4.17. The molecule has 0 saturated carbocycles. The zero-order chi connectivity index (χ0) is 11.5. The van der Waals surface area contributed by atoms with Gasteiger partial charge in [-0.1, -0.05) is 0 Å². The van der Waals surface area contributed by atoms with Crippen LogP contribution in [0.1, 0.15) is 20.3 Å². The van der Waals surface area contributed by atoms with E-state index in [1.54, 1.807) is 13.8 Å². The summed E-state index contributed by atoms with van der Waals surface area (Å²) in [6.07, 6.45) is 0.735. The normalized spacial score (nSPS) is 17.7. The van der Waals surface area contributed by atoms with Gasteiger partial charge in [0.15, 0.2) is 0 Å². The van der Waals surface area contributed by atoms with Crippen molar-refractivity contribution in [2.45, 2.75) is 20.3 Å². The number of rotatable bonds is 1. The molecule has 5 nitrogen and oxygen atoms in total. The first-order chi connectivity index (χ1) is 6.97. The molecule has 1 aliphatic rings. The summed E-state index contributed by atoms with van der Waals surface area (Å²) in [7, 11) is 0. The maximum Gasteiger partial charge on any atom is 0.242 e. The van der Waals surface area contributed by atoms with Crippen LogP contribution in [0.4, 0.5) is 0 Å². The highest BCUT2D eigenvalue weighted by molar-refractivity contribution is 5.89. The van der Waals surface area contributed by atoms with Gasteiger partial charge in [0.25, 0.3) is 0 Å². The van der Waals surface area contributed by atoms with Gasteiger partial charge in [-0.05, 0) is 20.3 Å². The maximum absolute atomic E-state index is 11.9. The van der Waals surface area contributed by atoms with Crippen LogP contribution in [0.2, 0.25) is 0 Å². The molecule has 1 rings (SSSR count). The van der Waals surface area contributed by atoms with Crippen LogP contribution in [0.15, 0.2) is 0 Å². The Balaban J connectivity index is 2.75. The lowest BCUT2D eigenvalue weighted by Crippen LogP contribution is -2.43. The quantitative estimate of drug-likeness (QED) is 0.654. The molecule has 1 aliphatic heterocycles. The summed E-state index contributed by atoms with van der Waals surface area (Å²) in [5.74, 6) is -0.434. The molecule has 0 bridgehead atoms. The van der Waals surface area contributed by atoms with E-state index in [9.17, 15) is 9.59 Å². The van der Waals surface area contributed by atoms with Gasteiger partial charge < -0.3 is 10.2 Å². The van der Waals surface area contributed by atoms with Crippen molar-refractivity contribution in [3.8, 4) is 6.07 Å². The average Bonchev–Trinajstić information content (AvgIpc) is 2.41. The van der Waals surface area contributed by atoms with Crippen LogP contribution >= 0.6 is 0 Å². The fourth-order valence-electron chi connectivity index (χ4n) is 1.42. The van der Waals surface area contributed by atoms with Crippen LogP contribution < -0.4 is 5.32 Å². The van der Waals surface area contributed by atoms with Crippen molar-refractivity contribution in [3.05, 3.63) is 0 Å². The SMILES string of the molecule is CC(C)(C#N)C(=O)N1CCCNC(=O)C1. The molecule has 0 unspecified atom stereocenters. The highest BCUT2D eigenvalue weighted by Crippen LogP contribution is 2.17. The molecule has 82 valence electrons. The van der Waals surface area contributed by atoms with E-state index in [0.29, 0.717) is 13.1 Å². The number of amides is 2. The van der Waals surface area contributed by atoms with Crippen LogP contribution in [0, 0.1) is 16.7 Å². The number of hydrogen-bond donors (Lipinski definition) is 1. The Kier molecular flexibility index (Phi) is 3.30. The molecule has 1 heterocycles. The van der Waals surface area contributed by atoms with E-state index >= 15 is 0 Å². The predicted molar refractivity (Wildman–Crippen MR) is 53.6 cm³/mol. The van der Waals surface area contributed by atoms with Gasteiger partial charge >= 0.3 is 0 Å². The summed E-state index contributed by atoms with van der Waals surface area (Å²) in [5.41, 5.74) is -1.05. The zero-order valence-corrected chi connectivity index (χ0v) is 9.04. The van der Waals surface area contributed by atoms with Crippen molar-refractivity contribution >= 4 is 11.8 Å². The van der Waals surface area contributed by atoms with Gasteiger partial charge in [-0.3, -0.25) is 9.59 Å². The molecule has 0 aliphatic carbocycles. The van der Waals surface area contributed by atoms with Gasteiger partial charge in [0, 0.05) is 13.1 Å². The highest BCUT2D eigenvalue weighted by Gasteiger charge is 2.33. The molecule has 1 saturated heterocycles. The van der Waals surface area contributed by atoms with Crippen LogP contribution in [0.5, 0.6) is 0 Å². The highest BCUT2D eigenvalue weighted by atomic mass is 16.2. The molecule has 1 N–H and O–H groups in total. The van der Waals surface area contributed by atoms with E-state index in [1.165, 1.54) is 4.90 Å². The third kappa shape index (κ3) is 2.69. The Morgan fingerprint density at radius 1 is 1.60 bits per heavy atom. The summed E-state index contributed by atoms with van der Waals surface area (Å²) in [5, 5.41) is 11.5. The summed E-state index contributed by atoms with van der Waals surface area (Å²) in [6, 6.07) is 1.95. The lowest BCUT2D eigenvalue weighted by molar-refractivity contribution is -0.140. The second-order valence-electron chi connectivity index (χ2n) is 4.17. The number of carbonyl (C=O) groups excluding carboxylic acids is 2. The average molecular weight is 209 g/mol. The Hall–Kier alpha value is -1.57. The molecule has 1 fully saturated rings. The fraction of sp³-hybridized carbons (Fsp3) is 0.700. The number of nitrogens with zero attached hydrogens (tertiary/aromatic N) is 2. The van der Waals surface area contributed by atoms with Gasteiger partial charge in [0.2, 0.25) is 11.8 Å². The molecule has 5 heteroatoms. The number of carbonyl (C=O) groups is 2. The molecule has 2 amide bonds. The first-order valence-electron chi connectivity index (χ1n) is 4.95. The summed E-state index contributed by atoms with van der Waals surface area (Å²) in [4.78, 5) is 24.5. The lowest BCUT2D eigenvalue weighted by Gasteiger charge is -2.25. The number of hydrogen-bond acceptors (Lipinski definition) is 3. The minimum atomic E-state index is -1.05. The second kappa shape index (κ2) is 4.30. The lowest BCUT2D eigenvalue weighted by atomic mass is 9.94. The molecule has 0 atom stereocenters. The molecule has 0 aromatic heterocycles. The van der Waals surface area contributed by atoms with E-state index in [2.05, 4.69) is 5.32 Å². The molecule has 0 aromatic carbocycles. The van der Waals surface area contributed by atoms with E-state index in [-0.39, 0.29) is 18.4 Å². The van der Waals surface area contributed by atoms with Crippen molar-refractivity contribution < 1.29 is 9.59 Å². The molecule has 0 spiro atoms. The van der Waals surface area contributed by atoms with Crippen molar-refractivity contribution in [2.75, 3.05) is 19.6 Å². The van der Waals surface area contributed by atoms with Gasteiger partial charge in [-0.15, -0.1) is 0 Å². The Morgan fingerprint density at radius 2 is 2.27 bits per heavy atom. The molecule has 15 heavy (non-hydrogen) atoms. The number of nitriles is 1. The Morgan fingerprint density at radius 3 is 2.87 bits per heavy atom. The standard InChI is InChI=1S/C10H15N3O2/c1-10(2,7-11)9(15)13-5-3-4-12-8(14)6-13/h3-6H2,1-2H3,(H,12,14). The van der Waals surface area contributed by atoms with E-state index in [4.69, 9.17) is 5.26 Å². The summed E-state index contributed by atoms with van der Waals surface area (Å²) in [6.45, 7) is 4.32. The molecule has 0 radical (unpaired) electrons. The first-order valence-corrected chi connectivity index (χ1v) is 4.95. The van der Waals surface area contributed by atoms with Gasteiger partial charge in [0.05, 0.1) is 12.6 Å². The minimum absolute atomic E-state index is 0.0595. The van der Waals surface area contributed by atoms with Crippen LogP contribution in [-0.4, -0.2) is 36.3 Å². The molecular formula is C10H15N3O2. The van der Waals surface area contributed by atoms with Crippen molar-refractivity contribution in [1.82, 2.24) is 10.2 Å².